The quantitative estimate of drug-likeness (QED) is 0.757. The van der Waals surface area contributed by atoms with Crippen LogP contribution in [0, 0.1) is 0 Å². The summed E-state index contributed by atoms with van der Waals surface area (Å²) in [5, 5.41) is 2.29. The summed E-state index contributed by atoms with van der Waals surface area (Å²) in [5.41, 5.74) is 1.03. The molecule has 0 spiro atoms. The molecule has 0 saturated carbocycles. The zero-order chi connectivity index (χ0) is 16.1. The fourth-order valence-electron chi connectivity index (χ4n) is 3.52. The van der Waals surface area contributed by atoms with Crippen LogP contribution in [0.2, 0.25) is 0 Å². The van der Waals surface area contributed by atoms with Crippen LogP contribution in [0.3, 0.4) is 0 Å². The zero-order valence-electron chi connectivity index (χ0n) is 12.7. The van der Waals surface area contributed by atoms with Gasteiger partial charge in [0.2, 0.25) is 0 Å². The lowest BCUT2D eigenvalue weighted by Crippen LogP contribution is -2.57. The SMILES string of the molecule is C[C@@H]1c2ccccc2O[C@H]1C(=O)N1CCN2C(=O)NC(=O)[C@H]2C1. The van der Waals surface area contributed by atoms with E-state index in [9.17, 15) is 14.4 Å². The Hall–Kier alpha value is -2.57. The number of rotatable bonds is 1. The molecule has 23 heavy (non-hydrogen) atoms. The van der Waals surface area contributed by atoms with Gasteiger partial charge in [-0.2, -0.15) is 0 Å². The van der Waals surface area contributed by atoms with Crippen LogP contribution in [0.4, 0.5) is 4.79 Å². The molecule has 2 fully saturated rings. The number of urea groups is 1. The molecule has 4 amide bonds. The smallest absolute Gasteiger partial charge is 0.324 e. The van der Waals surface area contributed by atoms with E-state index in [1.807, 2.05) is 31.2 Å². The van der Waals surface area contributed by atoms with Gasteiger partial charge in [0, 0.05) is 24.6 Å². The highest BCUT2D eigenvalue weighted by Crippen LogP contribution is 2.38. The molecule has 0 unspecified atom stereocenters. The third-order valence-corrected chi connectivity index (χ3v) is 4.85. The van der Waals surface area contributed by atoms with E-state index in [1.165, 1.54) is 4.90 Å². The number of nitrogens with zero attached hydrogens (tertiary/aromatic N) is 2. The minimum absolute atomic E-state index is 0.0317. The molecule has 3 aliphatic rings. The van der Waals surface area contributed by atoms with E-state index in [2.05, 4.69) is 5.32 Å². The first-order valence-electron chi connectivity index (χ1n) is 7.72. The minimum Gasteiger partial charge on any atom is -0.480 e. The third-order valence-electron chi connectivity index (χ3n) is 4.85. The van der Waals surface area contributed by atoms with Gasteiger partial charge in [-0.05, 0) is 6.07 Å². The van der Waals surface area contributed by atoms with Gasteiger partial charge in [0.1, 0.15) is 11.8 Å². The van der Waals surface area contributed by atoms with Gasteiger partial charge in [0.15, 0.2) is 6.10 Å². The Labute approximate surface area is 133 Å². The minimum atomic E-state index is -0.584. The van der Waals surface area contributed by atoms with Crippen molar-refractivity contribution < 1.29 is 19.1 Å². The Morgan fingerprint density at radius 2 is 2.04 bits per heavy atom. The summed E-state index contributed by atoms with van der Waals surface area (Å²) in [6.07, 6.45) is -0.570. The van der Waals surface area contributed by atoms with Crippen molar-refractivity contribution in [2.24, 2.45) is 0 Å². The van der Waals surface area contributed by atoms with Crippen LogP contribution in [-0.2, 0) is 9.59 Å². The summed E-state index contributed by atoms with van der Waals surface area (Å²) in [6, 6.07) is 6.68. The molecule has 3 atom stereocenters. The van der Waals surface area contributed by atoms with Gasteiger partial charge < -0.3 is 14.5 Å². The summed E-state index contributed by atoms with van der Waals surface area (Å²) in [7, 11) is 0. The average molecular weight is 315 g/mol. The Balaban J connectivity index is 1.51. The van der Waals surface area contributed by atoms with Crippen LogP contribution in [0.1, 0.15) is 18.4 Å². The molecule has 1 aromatic carbocycles. The number of amides is 4. The number of carbonyl (C=O) groups excluding carboxylic acids is 3. The molecule has 0 aromatic heterocycles. The lowest BCUT2D eigenvalue weighted by atomic mass is 9.96. The monoisotopic (exact) mass is 315 g/mol. The van der Waals surface area contributed by atoms with Crippen molar-refractivity contribution in [1.29, 1.82) is 0 Å². The van der Waals surface area contributed by atoms with Crippen LogP contribution in [0.25, 0.3) is 0 Å². The molecule has 3 heterocycles. The summed E-state index contributed by atoms with van der Waals surface area (Å²) < 4.78 is 5.82. The first-order valence-corrected chi connectivity index (χ1v) is 7.72. The molecule has 7 heteroatoms. The normalized spacial score (nSPS) is 29.0. The molecular formula is C16H17N3O4. The van der Waals surface area contributed by atoms with Crippen molar-refractivity contribution in [2.75, 3.05) is 19.6 Å². The van der Waals surface area contributed by atoms with Crippen molar-refractivity contribution >= 4 is 17.8 Å². The number of ether oxygens (including phenoxy) is 1. The van der Waals surface area contributed by atoms with Gasteiger partial charge in [-0.25, -0.2) is 4.79 Å². The Morgan fingerprint density at radius 1 is 1.26 bits per heavy atom. The number of carbonyl (C=O) groups is 3. The van der Waals surface area contributed by atoms with Crippen LogP contribution >= 0.6 is 0 Å². The number of fused-ring (bicyclic) bond motifs is 2. The van der Waals surface area contributed by atoms with E-state index in [1.54, 1.807) is 4.90 Å². The third kappa shape index (κ3) is 2.07. The van der Waals surface area contributed by atoms with E-state index in [4.69, 9.17) is 4.74 Å². The van der Waals surface area contributed by atoms with Gasteiger partial charge >= 0.3 is 6.03 Å². The number of hydrogen-bond acceptors (Lipinski definition) is 4. The number of nitrogens with one attached hydrogen (secondary N) is 1. The van der Waals surface area contributed by atoms with Crippen molar-refractivity contribution in [3.8, 4) is 5.75 Å². The Bertz CT molecular complexity index is 704. The van der Waals surface area contributed by atoms with E-state index >= 15 is 0 Å². The fraction of sp³-hybridized carbons (Fsp3) is 0.438. The first kappa shape index (κ1) is 14.0. The summed E-state index contributed by atoms with van der Waals surface area (Å²) in [6.45, 7) is 2.97. The first-order chi connectivity index (χ1) is 11.1. The van der Waals surface area contributed by atoms with Crippen molar-refractivity contribution in [3.05, 3.63) is 29.8 Å². The van der Waals surface area contributed by atoms with Crippen LogP contribution in [-0.4, -0.2) is 59.4 Å². The van der Waals surface area contributed by atoms with Gasteiger partial charge in [0.05, 0.1) is 6.54 Å². The molecule has 4 rings (SSSR count). The molecule has 1 aromatic rings. The van der Waals surface area contributed by atoms with Crippen LogP contribution in [0.5, 0.6) is 5.75 Å². The average Bonchev–Trinajstić information content (AvgIpc) is 3.04. The molecule has 2 saturated heterocycles. The van der Waals surface area contributed by atoms with E-state index < -0.39 is 12.1 Å². The molecule has 0 aliphatic carbocycles. The standard InChI is InChI=1S/C16H17N3O4/c1-9-10-4-2-3-5-12(10)23-13(9)15(21)18-6-7-19-11(8-18)14(20)17-16(19)22/h2-5,9,11,13H,6-8H2,1H3,(H,17,20,22)/t9-,11-,13-/m1/s1. The van der Waals surface area contributed by atoms with Crippen LogP contribution in [0.15, 0.2) is 24.3 Å². The Morgan fingerprint density at radius 3 is 2.83 bits per heavy atom. The highest BCUT2D eigenvalue weighted by Gasteiger charge is 2.46. The molecule has 0 radical (unpaired) electrons. The highest BCUT2D eigenvalue weighted by atomic mass is 16.5. The van der Waals surface area contributed by atoms with Crippen molar-refractivity contribution in [3.63, 3.8) is 0 Å². The summed E-state index contributed by atoms with van der Waals surface area (Å²) in [5.74, 6) is 0.248. The highest BCUT2D eigenvalue weighted by molar-refractivity contribution is 6.04. The van der Waals surface area contributed by atoms with E-state index in [-0.39, 0.29) is 30.3 Å². The molecule has 120 valence electrons. The maximum absolute atomic E-state index is 12.8. The lowest BCUT2D eigenvalue weighted by molar-refractivity contribution is -0.141. The Kier molecular flexibility index (Phi) is 3.04. The summed E-state index contributed by atoms with van der Waals surface area (Å²) >= 11 is 0. The van der Waals surface area contributed by atoms with Gasteiger partial charge in [-0.15, -0.1) is 0 Å². The fourth-order valence-corrected chi connectivity index (χ4v) is 3.52. The molecule has 7 nitrogen and oxygen atoms in total. The van der Waals surface area contributed by atoms with Crippen molar-refractivity contribution in [1.82, 2.24) is 15.1 Å². The predicted molar refractivity (Wildman–Crippen MR) is 79.9 cm³/mol. The van der Waals surface area contributed by atoms with Gasteiger partial charge in [-0.1, -0.05) is 25.1 Å². The number of benzene rings is 1. The zero-order valence-corrected chi connectivity index (χ0v) is 12.7. The maximum atomic E-state index is 12.8. The molecule has 0 bridgehead atoms. The number of hydrogen-bond donors (Lipinski definition) is 1. The maximum Gasteiger partial charge on any atom is 0.324 e. The van der Waals surface area contributed by atoms with Crippen LogP contribution < -0.4 is 10.1 Å². The molecular weight excluding hydrogens is 298 g/mol. The number of imide groups is 1. The lowest BCUT2D eigenvalue weighted by Gasteiger charge is -2.36. The second kappa shape index (κ2) is 4.97. The van der Waals surface area contributed by atoms with Gasteiger partial charge in [-0.3, -0.25) is 14.9 Å². The van der Waals surface area contributed by atoms with Crippen molar-refractivity contribution in [2.45, 2.75) is 25.0 Å². The van der Waals surface area contributed by atoms with E-state index in [0.29, 0.717) is 13.1 Å². The van der Waals surface area contributed by atoms with Gasteiger partial charge in [0.25, 0.3) is 11.8 Å². The second-order valence-corrected chi connectivity index (χ2v) is 6.15. The predicted octanol–water partition coefficient (Wildman–Crippen LogP) is 0.314. The second-order valence-electron chi connectivity index (χ2n) is 6.15. The molecule has 1 N–H and O–H groups in total. The molecule has 3 aliphatic heterocycles. The van der Waals surface area contributed by atoms with E-state index in [0.717, 1.165) is 11.3 Å². The number of para-hydroxylation sites is 1. The topological polar surface area (TPSA) is 79.0 Å². The summed E-state index contributed by atoms with van der Waals surface area (Å²) in [4.78, 5) is 39.4. The largest absolute Gasteiger partial charge is 0.480 e. The number of piperazine rings is 1.